The summed E-state index contributed by atoms with van der Waals surface area (Å²) >= 11 is 0. The number of ether oxygens (including phenoxy) is 19. The standard InChI is InChI=1S/C50H68O32/c1-15-16-68-50(49(63)64-14)17-33(69-24(5)54)37(40(82-50)36(72-27(8)57)20-67-23(4)53)78-47-46(77-32(13)62)44(42(74-29(10)59)39(79-47)35(71-26(7)56)19-66-22(3)52)81-48-45(76-31(12)61)43(75-30(11)60)41(73-28(9)58)38(80-48)34(70-25(6)55)18-65-21(2)51/h15,33-48H,1,16-20H2,2-14H3/t33-,34+,35+,36-,37-,38-,39-,40-,41-,42-,43+,44+,45+,46+,47+,48-,50-/m1/s1. The van der Waals surface area contributed by atoms with Crippen molar-refractivity contribution in [3.8, 4) is 0 Å². The fourth-order valence-electron chi connectivity index (χ4n) is 8.72. The molecule has 32 nitrogen and oxygen atoms in total. The van der Waals surface area contributed by atoms with Crippen LogP contribution in [0.2, 0.25) is 0 Å². The van der Waals surface area contributed by atoms with Crippen LogP contribution in [0.4, 0.5) is 0 Å². The molecule has 0 aromatic rings. The molecule has 0 saturated carbocycles. The highest BCUT2D eigenvalue weighted by molar-refractivity contribution is 5.78. The molecule has 32 heteroatoms. The fraction of sp³-hybridized carbons (Fsp3) is 0.700. The minimum atomic E-state index is -2.62. The van der Waals surface area contributed by atoms with Crippen molar-refractivity contribution in [3.63, 3.8) is 0 Å². The van der Waals surface area contributed by atoms with E-state index in [1.54, 1.807) is 0 Å². The Morgan fingerprint density at radius 1 is 0.439 bits per heavy atom. The molecule has 0 unspecified atom stereocenters. The Bertz CT molecular complexity index is 2350. The summed E-state index contributed by atoms with van der Waals surface area (Å²) in [5.74, 6) is -16.8. The molecule has 0 bridgehead atoms. The number of esters is 13. The molecular formula is C50H68O32. The van der Waals surface area contributed by atoms with Crippen LogP contribution in [0, 0.1) is 0 Å². The zero-order valence-electron chi connectivity index (χ0n) is 47.1. The van der Waals surface area contributed by atoms with E-state index in [-0.39, 0.29) is 0 Å². The SMILES string of the molecule is C=CCO[C@]1(C(=O)OC)C[C@@H](OC(C)=O)[C@@H](O[C@H]2O[C@H]([C@H](COC(C)=O)OC(C)=O)[C@@H](OC(C)=O)[C@H](O[C@H]3O[C@H]([C@H](COC(C)=O)OC(C)=O)[C@@H](OC(C)=O)[C@H](OC(C)=O)[C@@H]3OC(C)=O)[C@@H]2OC(C)=O)[C@@H]([C@@H](COC(C)=O)OC(C)=O)O1. The Labute approximate surface area is 468 Å². The first-order valence-electron chi connectivity index (χ1n) is 24.9. The first kappa shape index (κ1) is 68.9. The van der Waals surface area contributed by atoms with Crippen molar-refractivity contribution in [1.29, 1.82) is 0 Å². The van der Waals surface area contributed by atoms with Gasteiger partial charge >= 0.3 is 77.6 Å². The van der Waals surface area contributed by atoms with E-state index in [1.165, 1.54) is 6.08 Å². The normalized spacial score (nSPS) is 28.7. The Balaban J connectivity index is 2.63. The number of hydrogen-bond donors (Lipinski definition) is 0. The van der Waals surface area contributed by atoms with Gasteiger partial charge in [-0.3, -0.25) is 57.5 Å². The zero-order chi connectivity index (χ0) is 61.9. The number of rotatable bonds is 26. The maximum absolute atomic E-state index is 13.8. The summed E-state index contributed by atoms with van der Waals surface area (Å²) in [7, 11) is 0.936. The second kappa shape index (κ2) is 31.7. The second-order valence-electron chi connectivity index (χ2n) is 18.1. The van der Waals surface area contributed by atoms with E-state index < -0.39 is 214 Å². The third-order valence-corrected chi connectivity index (χ3v) is 11.3. The maximum atomic E-state index is 13.8. The minimum Gasteiger partial charge on any atom is -0.465 e. The van der Waals surface area contributed by atoms with Crippen LogP contribution in [-0.4, -0.2) is 215 Å². The number of carbonyl (C=O) groups excluding carboxylic acids is 13. The summed E-state index contributed by atoms with van der Waals surface area (Å²) in [6.45, 7) is 11.4. The Hall–Kier alpha value is -7.39. The summed E-state index contributed by atoms with van der Waals surface area (Å²) < 4.78 is 110. The second-order valence-corrected chi connectivity index (χ2v) is 18.1. The maximum Gasteiger partial charge on any atom is 0.366 e. The van der Waals surface area contributed by atoms with E-state index in [1.807, 2.05) is 0 Å². The van der Waals surface area contributed by atoms with E-state index in [2.05, 4.69) is 6.58 Å². The van der Waals surface area contributed by atoms with Gasteiger partial charge in [0, 0.05) is 83.1 Å². The van der Waals surface area contributed by atoms with Gasteiger partial charge in [-0.15, -0.1) is 6.58 Å². The summed E-state index contributed by atoms with van der Waals surface area (Å²) in [5, 5.41) is 0. The lowest BCUT2D eigenvalue weighted by atomic mass is 9.90. The van der Waals surface area contributed by atoms with Gasteiger partial charge in [0.2, 0.25) is 0 Å². The van der Waals surface area contributed by atoms with Crippen LogP contribution in [0.1, 0.15) is 89.5 Å². The Morgan fingerprint density at radius 3 is 1.13 bits per heavy atom. The highest BCUT2D eigenvalue weighted by Gasteiger charge is 2.63. The molecule has 3 heterocycles. The molecule has 0 amide bonds. The third kappa shape index (κ3) is 20.5. The molecule has 0 spiro atoms. The summed E-state index contributed by atoms with van der Waals surface area (Å²) in [6.07, 6.45) is -33.0. The van der Waals surface area contributed by atoms with Gasteiger partial charge in [0.15, 0.2) is 61.4 Å². The molecule has 3 fully saturated rings. The van der Waals surface area contributed by atoms with Gasteiger partial charge in [0.1, 0.15) is 56.4 Å². The predicted molar refractivity (Wildman–Crippen MR) is 257 cm³/mol. The molecule has 0 aromatic heterocycles. The average molecular weight is 1180 g/mol. The van der Waals surface area contributed by atoms with Crippen LogP contribution >= 0.6 is 0 Å². The lowest BCUT2D eigenvalue weighted by Gasteiger charge is -2.52. The topological polar surface area (TPSA) is 397 Å². The quantitative estimate of drug-likeness (QED) is 0.0578. The van der Waals surface area contributed by atoms with Crippen LogP contribution in [0.25, 0.3) is 0 Å². The van der Waals surface area contributed by atoms with E-state index in [0.29, 0.717) is 0 Å². The van der Waals surface area contributed by atoms with Crippen molar-refractivity contribution in [1.82, 2.24) is 0 Å². The van der Waals surface area contributed by atoms with Gasteiger partial charge in [-0.05, 0) is 0 Å². The lowest BCUT2D eigenvalue weighted by Crippen LogP contribution is -2.70. The highest BCUT2D eigenvalue weighted by Crippen LogP contribution is 2.42. The van der Waals surface area contributed by atoms with Gasteiger partial charge in [-0.25, -0.2) is 4.79 Å². The molecular weight excluding hydrogens is 1110 g/mol. The van der Waals surface area contributed by atoms with Gasteiger partial charge in [-0.2, -0.15) is 0 Å². The summed E-state index contributed by atoms with van der Waals surface area (Å²) in [6, 6.07) is 0. The smallest absolute Gasteiger partial charge is 0.366 e. The lowest BCUT2D eigenvalue weighted by molar-refractivity contribution is -0.388. The zero-order valence-corrected chi connectivity index (χ0v) is 47.1. The Morgan fingerprint density at radius 2 is 0.780 bits per heavy atom. The van der Waals surface area contributed by atoms with Gasteiger partial charge in [-0.1, -0.05) is 6.08 Å². The van der Waals surface area contributed by atoms with E-state index in [4.69, 9.17) is 90.0 Å². The van der Waals surface area contributed by atoms with Gasteiger partial charge < -0.3 is 90.0 Å². The van der Waals surface area contributed by atoms with Crippen molar-refractivity contribution < 1.29 is 152 Å². The van der Waals surface area contributed by atoms with Gasteiger partial charge in [0.25, 0.3) is 5.79 Å². The van der Waals surface area contributed by atoms with Crippen LogP contribution in [0.15, 0.2) is 12.7 Å². The largest absolute Gasteiger partial charge is 0.465 e. The molecule has 82 heavy (non-hydrogen) atoms. The fourth-order valence-corrected chi connectivity index (χ4v) is 8.72. The van der Waals surface area contributed by atoms with Crippen molar-refractivity contribution >= 4 is 77.6 Å². The van der Waals surface area contributed by atoms with Crippen LogP contribution in [-0.2, 0) is 152 Å². The number of hydrogen-bond acceptors (Lipinski definition) is 32. The van der Waals surface area contributed by atoms with E-state index in [0.717, 1.165) is 90.2 Å². The molecule has 3 aliphatic heterocycles. The molecule has 3 saturated heterocycles. The summed E-state index contributed by atoms with van der Waals surface area (Å²) in [4.78, 5) is 168. The third-order valence-electron chi connectivity index (χ3n) is 11.3. The van der Waals surface area contributed by atoms with E-state index >= 15 is 0 Å². The summed E-state index contributed by atoms with van der Waals surface area (Å²) in [5.41, 5.74) is 0. The van der Waals surface area contributed by atoms with Gasteiger partial charge in [0.05, 0.1) is 20.1 Å². The van der Waals surface area contributed by atoms with Crippen LogP contribution in [0.3, 0.4) is 0 Å². The average Bonchev–Trinajstić information content (AvgIpc) is 2.98. The van der Waals surface area contributed by atoms with Crippen molar-refractivity contribution in [2.75, 3.05) is 33.5 Å². The first-order valence-corrected chi connectivity index (χ1v) is 24.9. The van der Waals surface area contributed by atoms with Crippen molar-refractivity contribution in [2.24, 2.45) is 0 Å². The van der Waals surface area contributed by atoms with Crippen LogP contribution < -0.4 is 0 Å². The minimum absolute atomic E-state index is 0.468. The number of carbonyl (C=O) groups is 13. The highest BCUT2D eigenvalue weighted by atomic mass is 16.8. The number of methoxy groups -OCH3 is 1. The molecule has 0 aromatic carbocycles. The van der Waals surface area contributed by atoms with Crippen molar-refractivity contribution in [2.45, 2.75) is 193 Å². The molecule has 0 N–H and O–H groups in total. The first-order chi connectivity index (χ1) is 38.3. The Kier molecular flexibility index (Phi) is 26.6. The van der Waals surface area contributed by atoms with Crippen molar-refractivity contribution in [3.05, 3.63) is 12.7 Å². The van der Waals surface area contributed by atoms with Crippen LogP contribution in [0.5, 0.6) is 0 Å². The van der Waals surface area contributed by atoms with E-state index in [9.17, 15) is 62.3 Å². The molecule has 0 aliphatic carbocycles. The molecule has 3 aliphatic rings. The monoisotopic (exact) mass is 1180 g/mol. The predicted octanol–water partition coefficient (Wildman–Crippen LogP) is -0.858. The molecule has 0 radical (unpaired) electrons. The molecule has 17 atom stereocenters. The molecule has 460 valence electrons. The molecule has 3 rings (SSSR count).